The summed E-state index contributed by atoms with van der Waals surface area (Å²) in [6, 6.07) is -0.261. The van der Waals surface area contributed by atoms with Crippen LogP contribution in [0.2, 0.25) is 0 Å². The topological polar surface area (TPSA) is 70.1 Å². The van der Waals surface area contributed by atoms with E-state index in [0.717, 1.165) is 25.8 Å². The first-order chi connectivity index (χ1) is 9.78. The Hall–Kier alpha value is -1.30. The van der Waals surface area contributed by atoms with E-state index in [-0.39, 0.29) is 12.1 Å². The second-order valence-electron chi connectivity index (χ2n) is 6.96. The zero-order valence-electron chi connectivity index (χ0n) is 13.2. The number of nitrogens with zero attached hydrogens (tertiary/aromatic N) is 2. The molecule has 1 amide bonds. The van der Waals surface area contributed by atoms with Crippen LogP contribution >= 0.6 is 0 Å². The molecule has 0 spiro atoms. The van der Waals surface area contributed by atoms with Crippen molar-refractivity contribution in [2.24, 2.45) is 0 Å². The summed E-state index contributed by atoms with van der Waals surface area (Å²) in [5.41, 5.74) is -0.499. The molecule has 0 bridgehead atoms. The predicted molar refractivity (Wildman–Crippen MR) is 78.2 cm³/mol. The number of carbonyl (C=O) groups excluding carboxylic acids is 1. The molecule has 2 atom stereocenters. The fourth-order valence-electron chi connectivity index (χ4n) is 3.21. The number of carbonyl (C=O) groups is 2. The van der Waals surface area contributed by atoms with Crippen molar-refractivity contribution >= 4 is 12.1 Å². The number of aliphatic carboxylic acids is 1. The van der Waals surface area contributed by atoms with Crippen LogP contribution in [-0.4, -0.2) is 64.3 Å². The molecule has 0 aromatic carbocycles. The minimum Gasteiger partial charge on any atom is -0.480 e. The van der Waals surface area contributed by atoms with Gasteiger partial charge in [0.05, 0.1) is 0 Å². The minimum atomic E-state index is -0.748. The first kappa shape index (κ1) is 16.1. The van der Waals surface area contributed by atoms with Gasteiger partial charge in [-0.3, -0.25) is 9.69 Å². The average molecular weight is 298 g/mol. The summed E-state index contributed by atoms with van der Waals surface area (Å²) in [6.07, 6.45) is 3.17. The van der Waals surface area contributed by atoms with Crippen molar-refractivity contribution in [3.8, 4) is 0 Å². The number of piperidine rings is 1. The molecule has 1 N–H and O–H groups in total. The molecule has 0 aromatic rings. The first-order valence-corrected chi connectivity index (χ1v) is 7.74. The van der Waals surface area contributed by atoms with Crippen LogP contribution in [0.15, 0.2) is 0 Å². The molecule has 2 saturated heterocycles. The fourth-order valence-corrected chi connectivity index (χ4v) is 3.21. The van der Waals surface area contributed by atoms with Gasteiger partial charge in [-0.25, -0.2) is 4.79 Å². The predicted octanol–water partition coefficient (Wildman–Crippen LogP) is 1.93. The SMILES string of the molecule is CC(C)(C)OC(=O)N1CCCC(N2CCCC2C(=O)O)C1. The molecule has 2 heterocycles. The van der Waals surface area contributed by atoms with Gasteiger partial charge in [0.25, 0.3) is 0 Å². The number of likely N-dealkylation sites (tertiary alicyclic amines) is 2. The summed E-state index contributed by atoms with van der Waals surface area (Å²) in [5, 5.41) is 9.30. The van der Waals surface area contributed by atoms with E-state index < -0.39 is 17.6 Å². The molecule has 0 radical (unpaired) electrons. The number of ether oxygens (including phenoxy) is 1. The van der Waals surface area contributed by atoms with Crippen LogP contribution in [0.25, 0.3) is 0 Å². The molecule has 21 heavy (non-hydrogen) atoms. The first-order valence-electron chi connectivity index (χ1n) is 7.74. The Morgan fingerprint density at radius 3 is 2.43 bits per heavy atom. The highest BCUT2D eigenvalue weighted by Crippen LogP contribution is 2.26. The van der Waals surface area contributed by atoms with Gasteiger partial charge in [0, 0.05) is 19.1 Å². The van der Waals surface area contributed by atoms with Gasteiger partial charge in [0.1, 0.15) is 11.6 Å². The summed E-state index contributed by atoms with van der Waals surface area (Å²) < 4.78 is 5.41. The molecule has 0 saturated carbocycles. The Bertz CT molecular complexity index is 405. The number of hydrogen-bond donors (Lipinski definition) is 1. The van der Waals surface area contributed by atoms with E-state index >= 15 is 0 Å². The number of carboxylic acid groups (broad SMARTS) is 1. The van der Waals surface area contributed by atoms with Crippen molar-refractivity contribution < 1.29 is 19.4 Å². The Balaban J connectivity index is 1.97. The molecule has 2 aliphatic rings. The van der Waals surface area contributed by atoms with Crippen LogP contribution in [0.1, 0.15) is 46.5 Å². The van der Waals surface area contributed by atoms with E-state index in [4.69, 9.17) is 4.74 Å². The van der Waals surface area contributed by atoms with Crippen molar-refractivity contribution in [3.63, 3.8) is 0 Å². The maximum absolute atomic E-state index is 12.2. The Morgan fingerprint density at radius 1 is 1.14 bits per heavy atom. The third-order valence-corrected chi connectivity index (χ3v) is 4.10. The maximum atomic E-state index is 12.2. The van der Waals surface area contributed by atoms with E-state index in [1.807, 2.05) is 20.8 Å². The van der Waals surface area contributed by atoms with Gasteiger partial charge in [-0.2, -0.15) is 0 Å². The molecule has 6 heteroatoms. The third-order valence-electron chi connectivity index (χ3n) is 4.10. The molecule has 0 aromatic heterocycles. The van der Waals surface area contributed by atoms with Gasteiger partial charge in [-0.1, -0.05) is 0 Å². The van der Waals surface area contributed by atoms with Gasteiger partial charge in [-0.05, 0) is 53.0 Å². The van der Waals surface area contributed by atoms with Gasteiger partial charge in [-0.15, -0.1) is 0 Å². The summed E-state index contributed by atoms with van der Waals surface area (Å²) in [7, 11) is 0. The number of rotatable bonds is 2. The molecule has 2 fully saturated rings. The van der Waals surface area contributed by atoms with Crippen molar-refractivity contribution in [2.45, 2.75) is 64.1 Å². The van der Waals surface area contributed by atoms with E-state index in [0.29, 0.717) is 19.5 Å². The van der Waals surface area contributed by atoms with Crippen LogP contribution in [0, 0.1) is 0 Å². The lowest BCUT2D eigenvalue weighted by atomic mass is 10.0. The van der Waals surface area contributed by atoms with E-state index in [9.17, 15) is 14.7 Å². The zero-order valence-corrected chi connectivity index (χ0v) is 13.2. The smallest absolute Gasteiger partial charge is 0.410 e. The second-order valence-corrected chi connectivity index (χ2v) is 6.96. The molecule has 120 valence electrons. The van der Waals surface area contributed by atoms with Crippen LogP contribution in [0.3, 0.4) is 0 Å². The van der Waals surface area contributed by atoms with Crippen molar-refractivity contribution in [1.29, 1.82) is 0 Å². The van der Waals surface area contributed by atoms with Gasteiger partial charge in [0.15, 0.2) is 0 Å². The zero-order chi connectivity index (χ0) is 15.6. The molecule has 2 rings (SSSR count). The molecule has 0 aliphatic carbocycles. The second kappa shape index (κ2) is 6.22. The van der Waals surface area contributed by atoms with Gasteiger partial charge < -0.3 is 14.7 Å². The van der Waals surface area contributed by atoms with Gasteiger partial charge in [0.2, 0.25) is 0 Å². The monoisotopic (exact) mass is 298 g/mol. The quantitative estimate of drug-likeness (QED) is 0.843. The van der Waals surface area contributed by atoms with E-state index in [2.05, 4.69) is 4.90 Å². The third kappa shape index (κ3) is 4.09. The highest BCUT2D eigenvalue weighted by molar-refractivity contribution is 5.74. The molecular weight excluding hydrogens is 272 g/mol. The van der Waals surface area contributed by atoms with Crippen molar-refractivity contribution in [3.05, 3.63) is 0 Å². The van der Waals surface area contributed by atoms with E-state index in [1.54, 1.807) is 4.90 Å². The summed E-state index contributed by atoms with van der Waals surface area (Å²) in [6.45, 7) is 7.63. The normalized spacial score (nSPS) is 27.7. The lowest BCUT2D eigenvalue weighted by Gasteiger charge is -2.39. The van der Waals surface area contributed by atoms with Gasteiger partial charge >= 0.3 is 12.1 Å². The number of carboxylic acids is 1. The number of hydrogen-bond acceptors (Lipinski definition) is 4. The summed E-state index contributed by atoms with van der Waals surface area (Å²) in [4.78, 5) is 27.2. The van der Waals surface area contributed by atoms with E-state index in [1.165, 1.54) is 0 Å². The largest absolute Gasteiger partial charge is 0.480 e. The van der Waals surface area contributed by atoms with Crippen LogP contribution < -0.4 is 0 Å². The molecule has 2 aliphatic heterocycles. The summed E-state index contributed by atoms with van der Waals surface area (Å²) >= 11 is 0. The van der Waals surface area contributed by atoms with Crippen LogP contribution in [0.5, 0.6) is 0 Å². The molecule has 2 unspecified atom stereocenters. The lowest BCUT2D eigenvalue weighted by molar-refractivity contribution is -0.143. The standard InChI is InChI=1S/C15H26N2O4/c1-15(2,3)21-14(20)16-8-4-6-11(10-16)17-9-5-7-12(17)13(18)19/h11-12H,4-10H2,1-3H3,(H,18,19). The highest BCUT2D eigenvalue weighted by Gasteiger charge is 2.38. The number of amides is 1. The maximum Gasteiger partial charge on any atom is 0.410 e. The molecular formula is C15H26N2O4. The van der Waals surface area contributed by atoms with Crippen molar-refractivity contribution in [2.75, 3.05) is 19.6 Å². The minimum absolute atomic E-state index is 0.134. The summed E-state index contributed by atoms with van der Waals surface area (Å²) in [5.74, 6) is -0.748. The Labute approximate surface area is 126 Å². The Kier molecular flexibility index (Phi) is 4.76. The van der Waals surface area contributed by atoms with Crippen molar-refractivity contribution in [1.82, 2.24) is 9.80 Å². The average Bonchev–Trinajstić information content (AvgIpc) is 2.86. The highest BCUT2D eigenvalue weighted by atomic mass is 16.6. The van der Waals surface area contributed by atoms with Crippen LogP contribution in [-0.2, 0) is 9.53 Å². The van der Waals surface area contributed by atoms with Crippen LogP contribution in [0.4, 0.5) is 4.79 Å². The fraction of sp³-hybridized carbons (Fsp3) is 0.867. The Morgan fingerprint density at radius 2 is 1.81 bits per heavy atom. The lowest BCUT2D eigenvalue weighted by Crippen LogP contribution is -2.53. The molecule has 6 nitrogen and oxygen atoms in total.